The number of rotatable bonds is 12. The van der Waals surface area contributed by atoms with Crippen molar-refractivity contribution in [2.75, 3.05) is 13.3 Å². The van der Waals surface area contributed by atoms with E-state index in [4.69, 9.17) is 3.07 Å². The predicted molar refractivity (Wildman–Crippen MR) is 76.8 cm³/mol. The first kappa shape index (κ1) is 17.7. The van der Waals surface area contributed by atoms with E-state index < -0.39 is 18.8 Å². The second kappa shape index (κ2) is 11.8. The number of hydrogen-bond acceptors (Lipinski definition) is 1. The Morgan fingerprint density at radius 2 is 1.24 bits per heavy atom. The number of hydrogen-bond donors (Lipinski definition) is 0. The molecule has 1 nitrogen and oxygen atoms in total. The van der Waals surface area contributed by atoms with Crippen LogP contribution in [0.3, 0.4) is 0 Å². The van der Waals surface area contributed by atoms with E-state index in [1.165, 1.54) is 51.8 Å². The molecular formula is C14H31FOSn. The first-order valence-corrected chi connectivity index (χ1v) is 14.7. The molecule has 0 saturated heterocycles. The molecule has 0 rings (SSSR count). The fourth-order valence-corrected chi connectivity index (χ4v) is 15.7. The molecule has 0 unspecified atom stereocenters. The van der Waals surface area contributed by atoms with Gasteiger partial charge in [0.15, 0.2) is 0 Å². The van der Waals surface area contributed by atoms with Crippen molar-refractivity contribution in [2.24, 2.45) is 0 Å². The van der Waals surface area contributed by atoms with Gasteiger partial charge in [0, 0.05) is 0 Å². The minimum absolute atomic E-state index is 0.303. The van der Waals surface area contributed by atoms with Crippen molar-refractivity contribution >= 4 is 18.8 Å². The molecule has 0 heterocycles. The molecule has 0 N–H and O–H groups in total. The van der Waals surface area contributed by atoms with E-state index in [0.717, 1.165) is 0 Å². The molecule has 0 spiro atoms. The molecule has 0 aromatic rings. The molecular weight excluding hydrogens is 322 g/mol. The molecule has 0 aliphatic heterocycles. The zero-order chi connectivity index (χ0) is 13.0. The molecule has 0 aliphatic carbocycles. The predicted octanol–water partition coefficient (Wildman–Crippen LogP) is 5.32. The van der Waals surface area contributed by atoms with Crippen LogP contribution in [0.15, 0.2) is 0 Å². The molecule has 17 heavy (non-hydrogen) atoms. The molecule has 0 radical (unpaired) electrons. The normalized spacial score (nSPS) is 12.0. The number of unbranched alkanes of at least 4 members (excludes halogenated alkanes) is 3. The van der Waals surface area contributed by atoms with E-state index >= 15 is 0 Å². The molecule has 0 aliphatic rings. The van der Waals surface area contributed by atoms with Gasteiger partial charge in [-0.15, -0.1) is 0 Å². The molecule has 0 amide bonds. The third kappa shape index (κ3) is 8.41. The monoisotopic (exact) mass is 354 g/mol. The van der Waals surface area contributed by atoms with Gasteiger partial charge in [-0.3, -0.25) is 0 Å². The van der Waals surface area contributed by atoms with Crippen molar-refractivity contribution in [3.8, 4) is 0 Å². The van der Waals surface area contributed by atoms with Gasteiger partial charge in [-0.25, -0.2) is 0 Å². The Kier molecular flexibility index (Phi) is 12.2. The quantitative estimate of drug-likeness (QED) is 0.432. The SMILES string of the molecule is CCC[CH2][Sn]([CH2]CCC)([CH2]CCC)[O]CCF. The van der Waals surface area contributed by atoms with E-state index in [1.54, 1.807) is 0 Å². The van der Waals surface area contributed by atoms with Gasteiger partial charge < -0.3 is 0 Å². The van der Waals surface area contributed by atoms with Crippen LogP contribution >= 0.6 is 0 Å². The van der Waals surface area contributed by atoms with Gasteiger partial charge >= 0.3 is 112 Å². The molecule has 0 saturated carbocycles. The standard InChI is InChI=1S/3C4H9.C2H4FO.Sn/c3*1-3-4-2;3-1-2-4;/h3*1,3-4H2,2H3;1-2H2;/q;;;-1;+1. The van der Waals surface area contributed by atoms with E-state index in [-0.39, 0.29) is 6.67 Å². The summed E-state index contributed by atoms with van der Waals surface area (Å²) in [5.41, 5.74) is 0. The molecule has 0 fully saturated rings. The number of alkyl halides is 1. The van der Waals surface area contributed by atoms with Crippen LogP contribution in [0.25, 0.3) is 0 Å². The first-order chi connectivity index (χ1) is 8.24. The summed E-state index contributed by atoms with van der Waals surface area (Å²) in [6.07, 6.45) is 7.60. The Morgan fingerprint density at radius 3 is 1.53 bits per heavy atom. The van der Waals surface area contributed by atoms with Gasteiger partial charge in [-0.1, -0.05) is 0 Å². The fourth-order valence-electron chi connectivity index (χ4n) is 2.34. The van der Waals surface area contributed by atoms with Crippen molar-refractivity contribution in [1.29, 1.82) is 0 Å². The van der Waals surface area contributed by atoms with Crippen LogP contribution in [0, 0.1) is 0 Å². The van der Waals surface area contributed by atoms with Crippen molar-refractivity contribution in [1.82, 2.24) is 0 Å². The van der Waals surface area contributed by atoms with Gasteiger partial charge in [0.25, 0.3) is 0 Å². The minimum atomic E-state index is -2.43. The second-order valence-corrected chi connectivity index (χ2v) is 16.9. The van der Waals surface area contributed by atoms with Crippen LogP contribution in [0.5, 0.6) is 0 Å². The van der Waals surface area contributed by atoms with Gasteiger partial charge in [0.2, 0.25) is 0 Å². The molecule has 0 atom stereocenters. The van der Waals surface area contributed by atoms with Crippen molar-refractivity contribution in [2.45, 2.75) is 72.6 Å². The van der Waals surface area contributed by atoms with Gasteiger partial charge in [0.1, 0.15) is 0 Å². The second-order valence-electron chi connectivity index (χ2n) is 5.03. The van der Waals surface area contributed by atoms with Gasteiger partial charge in [-0.2, -0.15) is 0 Å². The van der Waals surface area contributed by atoms with Gasteiger partial charge in [-0.05, 0) is 0 Å². The van der Waals surface area contributed by atoms with Crippen LogP contribution in [0.4, 0.5) is 4.39 Å². The summed E-state index contributed by atoms with van der Waals surface area (Å²) >= 11 is -2.43. The average molecular weight is 353 g/mol. The number of halogens is 1. The van der Waals surface area contributed by atoms with Crippen LogP contribution in [0.2, 0.25) is 13.3 Å². The third-order valence-corrected chi connectivity index (χ3v) is 16.6. The summed E-state index contributed by atoms with van der Waals surface area (Å²) < 4.78 is 22.5. The Labute approximate surface area is 112 Å². The van der Waals surface area contributed by atoms with Crippen molar-refractivity contribution in [3.63, 3.8) is 0 Å². The first-order valence-electron chi connectivity index (χ1n) is 7.44. The zero-order valence-electron chi connectivity index (χ0n) is 12.1. The van der Waals surface area contributed by atoms with E-state index in [2.05, 4.69) is 20.8 Å². The summed E-state index contributed by atoms with van der Waals surface area (Å²) in [7, 11) is 0. The average Bonchev–Trinajstić information content (AvgIpc) is 2.37. The van der Waals surface area contributed by atoms with Crippen LogP contribution in [-0.4, -0.2) is 32.1 Å². The van der Waals surface area contributed by atoms with Crippen LogP contribution in [0.1, 0.15) is 59.3 Å². The summed E-state index contributed by atoms with van der Waals surface area (Å²) in [6.45, 7) is 6.79. The Hall–Kier alpha value is 0.689. The molecule has 0 bridgehead atoms. The van der Waals surface area contributed by atoms with Crippen LogP contribution < -0.4 is 0 Å². The van der Waals surface area contributed by atoms with Crippen molar-refractivity contribution < 1.29 is 7.46 Å². The van der Waals surface area contributed by atoms with E-state index in [9.17, 15) is 4.39 Å². The summed E-state index contributed by atoms with van der Waals surface area (Å²) in [4.78, 5) is 0. The maximum atomic E-state index is 12.4. The summed E-state index contributed by atoms with van der Waals surface area (Å²) in [5.74, 6) is 0. The Balaban J connectivity index is 4.39. The zero-order valence-corrected chi connectivity index (χ0v) is 14.9. The van der Waals surface area contributed by atoms with Gasteiger partial charge in [0.05, 0.1) is 0 Å². The molecule has 0 aromatic heterocycles. The third-order valence-electron chi connectivity index (χ3n) is 3.44. The van der Waals surface area contributed by atoms with E-state index in [1.807, 2.05) is 0 Å². The topological polar surface area (TPSA) is 9.23 Å². The molecule has 104 valence electrons. The summed E-state index contributed by atoms with van der Waals surface area (Å²) in [6, 6.07) is 0. The Bertz CT molecular complexity index is 127. The molecule has 3 heteroatoms. The summed E-state index contributed by atoms with van der Waals surface area (Å²) in [5, 5.41) is 0. The fraction of sp³-hybridized carbons (Fsp3) is 1.00. The van der Waals surface area contributed by atoms with E-state index in [0.29, 0.717) is 6.61 Å². The Morgan fingerprint density at radius 1 is 0.824 bits per heavy atom. The maximum absolute atomic E-state index is 12.4. The molecule has 0 aromatic carbocycles. The van der Waals surface area contributed by atoms with Crippen LogP contribution in [-0.2, 0) is 3.07 Å². The van der Waals surface area contributed by atoms with Crippen molar-refractivity contribution in [3.05, 3.63) is 0 Å².